The Balaban J connectivity index is 1.76. The van der Waals surface area contributed by atoms with Gasteiger partial charge in [0.05, 0.1) is 23.9 Å². The molecule has 0 saturated heterocycles. The van der Waals surface area contributed by atoms with Crippen molar-refractivity contribution < 1.29 is 14.7 Å². The van der Waals surface area contributed by atoms with E-state index in [2.05, 4.69) is 5.32 Å². The molecule has 2 aromatic rings. The lowest BCUT2D eigenvalue weighted by Gasteiger charge is -2.31. The van der Waals surface area contributed by atoms with Crippen LogP contribution < -0.4 is 10.2 Å². The van der Waals surface area contributed by atoms with E-state index in [1.165, 1.54) is 4.90 Å². The summed E-state index contributed by atoms with van der Waals surface area (Å²) in [6.07, 6.45) is 0. The zero-order chi connectivity index (χ0) is 17.6. The molecule has 6 nitrogen and oxygen atoms in total. The molecular formula is C19H17N3O3. The van der Waals surface area contributed by atoms with Gasteiger partial charge in [-0.05, 0) is 29.8 Å². The zero-order valence-electron chi connectivity index (χ0n) is 13.6. The maximum absolute atomic E-state index is 13.1. The van der Waals surface area contributed by atoms with Crippen LogP contribution in [0.25, 0.3) is 0 Å². The predicted molar refractivity (Wildman–Crippen MR) is 93.0 cm³/mol. The Morgan fingerprint density at radius 2 is 1.72 bits per heavy atom. The number of hydrogen-bond acceptors (Lipinski definition) is 3. The van der Waals surface area contributed by atoms with Crippen molar-refractivity contribution in [1.29, 1.82) is 0 Å². The monoisotopic (exact) mass is 335 g/mol. The number of carbonyl (C=O) groups excluding carboxylic acids is 2. The van der Waals surface area contributed by atoms with Crippen LogP contribution in [0.5, 0.6) is 5.75 Å². The molecule has 126 valence electrons. The van der Waals surface area contributed by atoms with Crippen molar-refractivity contribution in [3.8, 4) is 5.75 Å². The van der Waals surface area contributed by atoms with Gasteiger partial charge in [-0.3, -0.25) is 9.69 Å². The average Bonchev–Trinajstić information content (AvgIpc) is 2.97. The summed E-state index contributed by atoms with van der Waals surface area (Å²) in [6, 6.07) is 15.3. The number of benzene rings is 2. The van der Waals surface area contributed by atoms with Crippen LogP contribution in [-0.4, -0.2) is 35.5 Å². The van der Waals surface area contributed by atoms with Crippen molar-refractivity contribution in [2.24, 2.45) is 0 Å². The summed E-state index contributed by atoms with van der Waals surface area (Å²) in [5, 5.41) is 12.4. The molecule has 3 amide bonds. The van der Waals surface area contributed by atoms with Gasteiger partial charge in [0.2, 0.25) is 0 Å². The van der Waals surface area contributed by atoms with Gasteiger partial charge in [-0.25, -0.2) is 4.79 Å². The molecule has 0 aromatic heterocycles. The van der Waals surface area contributed by atoms with E-state index in [1.807, 2.05) is 30.3 Å². The van der Waals surface area contributed by atoms with Crippen LogP contribution in [0.3, 0.4) is 0 Å². The highest BCUT2D eigenvalue weighted by atomic mass is 16.3. The zero-order valence-corrected chi connectivity index (χ0v) is 13.6. The average molecular weight is 335 g/mol. The smallest absolute Gasteiger partial charge is 0.322 e. The Morgan fingerprint density at radius 1 is 1.04 bits per heavy atom. The third-order valence-electron chi connectivity index (χ3n) is 4.65. The number of amides is 3. The number of nitrogens with zero attached hydrogens (tertiary/aromatic N) is 2. The highest BCUT2D eigenvalue weighted by Gasteiger charge is 2.43. The molecule has 6 heteroatoms. The first kappa shape index (κ1) is 15.3. The second kappa shape index (κ2) is 5.66. The van der Waals surface area contributed by atoms with Crippen LogP contribution in [0.2, 0.25) is 0 Å². The van der Waals surface area contributed by atoms with Gasteiger partial charge in [0, 0.05) is 12.7 Å². The number of anilines is 1. The molecule has 1 unspecified atom stereocenters. The summed E-state index contributed by atoms with van der Waals surface area (Å²) in [5.74, 6) is 0.00522. The van der Waals surface area contributed by atoms with E-state index in [0.717, 1.165) is 5.56 Å². The summed E-state index contributed by atoms with van der Waals surface area (Å²) in [7, 11) is 1.67. The molecule has 0 fully saturated rings. The topological polar surface area (TPSA) is 72.9 Å². The maximum Gasteiger partial charge on any atom is 0.322 e. The number of urea groups is 1. The molecule has 0 saturated carbocycles. The van der Waals surface area contributed by atoms with Crippen molar-refractivity contribution in [1.82, 2.24) is 10.2 Å². The molecule has 2 aromatic carbocycles. The Morgan fingerprint density at radius 3 is 2.40 bits per heavy atom. The van der Waals surface area contributed by atoms with Gasteiger partial charge >= 0.3 is 6.03 Å². The van der Waals surface area contributed by atoms with Crippen molar-refractivity contribution in [3.05, 3.63) is 71.4 Å². The maximum atomic E-state index is 13.1. The molecule has 25 heavy (non-hydrogen) atoms. The molecule has 0 bridgehead atoms. The minimum atomic E-state index is -0.463. The minimum Gasteiger partial charge on any atom is -0.508 e. The van der Waals surface area contributed by atoms with Crippen LogP contribution in [0.15, 0.2) is 65.9 Å². The lowest BCUT2D eigenvalue weighted by molar-refractivity contribution is -0.114. The van der Waals surface area contributed by atoms with Crippen LogP contribution in [-0.2, 0) is 4.79 Å². The van der Waals surface area contributed by atoms with Gasteiger partial charge in [-0.1, -0.05) is 30.3 Å². The van der Waals surface area contributed by atoms with E-state index in [1.54, 1.807) is 36.2 Å². The molecular weight excluding hydrogens is 318 g/mol. The van der Waals surface area contributed by atoms with E-state index in [9.17, 15) is 14.7 Å². The highest BCUT2D eigenvalue weighted by Crippen LogP contribution is 2.37. The summed E-state index contributed by atoms with van der Waals surface area (Å²) in [6.45, 7) is 0.326. The summed E-state index contributed by atoms with van der Waals surface area (Å²) < 4.78 is 0. The predicted octanol–water partition coefficient (Wildman–Crippen LogP) is 2.39. The Bertz CT molecular complexity index is 875. The number of rotatable bonds is 2. The summed E-state index contributed by atoms with van der Waals surface area (Å²) in [5.41, 5.74) is 2.85. The van der Waals surface area contributed by atoms with E-state index in [4.69, 9.17) is 0 Å². The third-order valence-corrected chi connectivity index (χ3v) is 4.65. The largest absolute Gasteiger partial charge is 0.508 e. The van der Waals surface area contributed by atoms with Gasteiger partial charge in [-0.15, -0.1) is 0 Å². The summed E-state index contributed by atoms with van der Waals surface area (Å²) in [4.78, 5) is 28.5. The third kappa shape index (κ3) is 2.42. The van der Waals surface area contributed by atoms with E-state index in [0.29, 0.717) is 23.5 Å². The van der Waals surface area contributed by atoms with Gasteiger partial charge in [0.15, 0.2) is 0 Å². The molecule has 0 aliphatic carbocycles. The normalized spacial score (nSPS) is 20.0. The highest BCUT2D eigenvalue weighted by molar-refractivity contribution is 6.11. The number of phenols is 1. The van der Waals surface area contributed by atoms with Crippen molar-refractivity contribution in [2.45, 2.75) is 6.04 Å². The number of aromatic hydroxyl groups is 1. The molecule has 4 rings (SSSR count). The second-order valence-corrected chi connectivity index (χ2v) is 6.12. The molecule has 2 aliphatic heterocycles. The molecule has 2 heterocycles. The van der Waals surface area contributed by atoms with Gasteiger partial charge in [0.25, 0.3) is 5.91 Å². The number of carbonyl (C=O) groups is 2. The first-order chi connectivity index (χ1) is 12.1. The Hall–Kier alpha value is -3.28. The van der Waals surface area contributed by atoms with Crippen LogP contribution in [0.1, 0.15) is 11.6 Å². The quantitative estimate of drug-likeness (QED) is 0.885. The second-order valence-electron chi connectivity index (χ2n) is 6.12. The first-order valence-electron chi connectivity index (χ1n) is 7.99. The molecule has 0 spiro atoms. The molecule has 2 N–H and O–H groups in total. The fourth-order valence-corrected chi connectivity index (χ4v) is 3.30. The standard InChI is InChI=1S/C19H17N3O3/c1-21-15-11-22(13-7-9-14(23)10-8-13)18(24)16(15)17(20-19(21)25)12-5-3-2-4-6-12/h2-10,17,23H,11H2,1H3,(H,20,25). The molecule has 0 radical (unpaired) electrons. The number of nitrogens with one attached hydrogen (secondary N) is 1. The Kier molecular flexibility index (Phi) is 3.46. The van der Waals surface area contributed by atoms with Crippen molar-refractivity contribution >= 4 is 17.6 Å². The number of hydrogen-bond donors (Lipinski definition) is 2. The lowest BCUT2D eigenvalue weighted by Crippen LogP contribution is -2.45. The van der Waals surface area contributed by atoms with Gasteiger partial charge in [0.1, 0.15) is 5.75 Å². The summed E-state index contributed by atoms with van der Waals surface area (Å²) >= 11 is 0. The van der Waals surface area contributed by atoms with E-state index in [-0.39, 0.29) is 17.7 Å². The van der Waals surface area contributed by atoms with Gasteiger partial charge in [-0.2, -0.15) is 0 Å². The lowest BCUT2D eigenvalue weighted by atomic mass is 9.96. The molecule has 2 aliphatic rings. The van der Waals surface area contributed by atoms with Crippen molar-refractivity contribution in [2.75, 3.05) is 18.5 Å². The van der Waals surface area contributed by atoms with E-state index < -0.39 is 6.04 Å². The Labute approximate surface area is 145 Å². The van der Waals surface area contributed by atoms with Gasteiger partial charge < -0.3 is 15.3 Å². The number of likely N-dealkylation sites (N-methyl/N-ethyl adjacent to an activating group) is 1. The van der Waals surface area contributed by atoms with E-state index >= 15 is 0 Å². The number of phenolic OH excluding ortho intramolecular Hbond substituents is 1. The fraction of sp³-hybridized carbons (Fsp3) is 0.158. The minimum absolute atomic E-state index is 0.138. The van der Waals surface area contributed by atoms with Crippen LogP contribution in [0, 0.1) is 0 Å². The van der Waals surface area contributed by atoms with Crippen molar-refractivity contribution in [3.63, 3.8) is 0 Å². The van der Waals surface area contributed by atoms with Crippen LogP contribution >= 0.6 is 0 Å². The first-order valence-corrected chi connectivity index (χ1v) is 7.99. The van der Waals surface area contributed by atoms with Crippen LogP contribution in [0.4, 0.5) is 10.5 Å². The molecule has 1 atom stereocenters. The SMILES string of the molecule is CN1C(=O)NC(c2ccccc2)C2=C1CN(c1ccc(O)cc1)C2=O. The fourth-order valence-electron chi connectivity index (χ4n) is 3.30.